The molecule has 0 atom stereocenters. The lowest BCUT2D eigenvalue weighted by Gasteiger charge is -2.15. The van der Waals surface area contributed by atoms with Crippen molar-refractivity contribution in [1.29, 1.82) is 5.26 Å². The number of halogens is 2. The maximum Gasteiger partial charge on any atom is 0.269 e. The Balaban J connectivity index is 1.84. The number of anilines is 1. The van der Waals surface area contributed by atoms with Crippen LogP contribution in [0.25, 0.3) is 6.08 Å². The van der Waals surface area contributed by atoms with E-state index in [0.717, 1.165) is 0 Å². The first-order valence-corrected chi connectivity index (χ1v) is 11.8. The lowest BCUT2D eigenvalue weighted by atomic mass is 10.1. The van der Waals surface area contributed by atoms with Crippen molar-refractivity contribution in [2.24, 2.45) is 0 Å². The second-order valence-corrected chi connectivity index (χ2v) is 8.71. The second-order valence-electron chi connectivity index (χ2n) is 7.11. The Morgan fingerprint density at radius 3 is 2.60 bits per heavy atom. The van der Waals surface area contributed by atoms with Gasteiger partial charge in [0, 0.05) is 22.8 Å². The molecule has 0 aliphatic heterocycles. The molecule has 0 fully saturated rings. The van der Waals surface area contributed by atoms with Crippen LogP contribution in [-0.2, 0) is 11.4 Å². The number of nitriles is 1. The van der Waals surface area contributed by atoms with E-state index in [4.69, 9.17) is 21.1 Å². The summed E-state index contributed by atoms with van der Waals surface area (Å²) in [7, 11) is 0. The molecule has 0 aliphatic rings. The van der Waals surface area contributed by atoms with Crippen molar-refractivity contribution in [3.8, 4) is 17.6 Å². The molecule has 0 heterocycles. The van der Waals surface area contributed by atoms with Crippen LogP contribution in [0.5, 0.6) is 11.5 Å². The van der Waals surface area contributed by atoms with E-state index >= 15 is 0 Å². The third-order valence-electron chi connectivity index (χ3n) is 4.61. The SMILES string of the molecule is CCOc1cc(/C=C(\C#N)C(=O)Nc2ccc(Cl)cc2)cc(I)c1OCc1cccc([N+](=O)[O-])c1. The molecule has 1 amide bonds. The Morgan fingerprint density at radius 1 is 1.20 bits per heavy atom. The molecule has 0 saturated carbocycles. The molecule has 178 valence electrons. The zero-order valence-corrected chi connectivity index (χ0v) is 21.4. The minimum atomic E-state index is -0.561. The Labute approximate surface area is 220 Å². The number of carbonyl (C=O) groups excluding carboxylic acids is 1. The van der Waals surface area contributed by atoms with Crippen LogP contribution in [-0.4, -0.2) is 17.4 Å². The van der Waals surface area contributed by atoms with Crippen molar-refractivity contribution in [3.63, 3.8) is 0 Å². The van der Waals surface area contributed by atoms with E-state index in [-0.39, 0.29) is 17.9 Å². The van der Waals surface area contributed by atoms with Crippen LogP contribution in [0.2, 0.25) is 5.02 Å². The molecule has 0 saturated heterocycles. The number of rotatable bonds is 9. The van der Waals surface area contributed by atoms with Crippen molar-refractivity contribution in [2.45, 2.75) is 13.5 Å². The van der Waals surface area contributed by atoms with Gasteiger partial charge in [-0.25, -0.2) is 0 Å². The number of nitrogens with one attached hydrogen (secondary N) is 1. The van der Waals surface area contributed by atoms with Crippen LogP contribution in [0.3, 0.4) is 0 Å². The number of ether oxygens (including phenoxy) is 2. The predicted octanol–water partition coefficient (Wildman–Crippen LogP) is 6.38. The summed E-state index contributed by atoms with van der Waals surface area (Å²) in [4.78, 5) is 23.1. The van der Waals surface area contributed by atoms with Gasteiger partial charge in [0.25, 0.3) is 11.6 Å². The fourth-order valence-electron chi connectivity index (χ4n) is 3.04. The fourth-order valence-corrected chi connectivity index (χ4v) is 3.94. The van der Waals surface area contributed by atoms with Gasteiger partial charge < -0.3 is 14.8 Å². The third kappa shape index (κ3) is 7.18. The van der Waals surface area contributed by atoms with E-state index in [1.54, 1.807) is 48.5 Å². The van der Waals surface area contributed by atoms with Gasteiger partial charge in [-0.1, -0.05) is 23.7 Å². The first-order valence-electron chi connectivity index (χ1n) is 10.3. The van der Waals surface area contributed by atoms with Crippen LogP contribution < -0.4 is 14.8 Å². The van der Waals surface area contributed by atoms with Crippen LogP contribution in [0.1, 0.15) is 18.1 Å². The smallest absolute Gasteiger partial charge is 0.269 e. The van der Waals surface area contributed by atoms with E-state index in [9.17, 15) is 20.2 Å². The minimum Gasteiger partial charge on any atom is -0.490 e. The largest absolute Gasteiger partial charge is 0.490 e. The normalized spacial score (nSPS) is 10.9. The standard InChI is InChI=1S/C25H19ClIN3O5/c1-2-34-23-13-17(10-18(14-28)25(31)29-20-8-6-19(26)7-9-20)12-22(27)24(23)35-15-16-4-3-5-21(11-16)30(32)33/h3-13H,2,15H2,1H3,(H,29,31)/b18-10+. The van der Waals surface area contributed by atoms with Gasteiger partial charge in [-0.05, 0) is 83.1 Å². The van der Waals surface area contributed by atoms with Gasteiger partial charge in [-0.15, -0.1) is 0 Å². The van der Waals surface area contributed by atoms with E-state index < -0.39 is 10.8 Å². The summed E-state index contributed by atoms with van der Waals surface area (Å²) in [5.74, 6) is 0.320. The molecular formula is C25H19ClIN3O5. The van der Waals surface area contributed by atoms with Gasteiger partial charge in [0.15, 0.2) is 11.5 Å². The Kier molecular flexibility index (Phi) is 9.05. The third-order valence-corrected chi connectivity index (χ3v) is 5.67. The van der Waals surface area contributed by atoms with Gasteiger partial charge in [0.1, 0.15) is 18.2 Å². The number of amides is 1. The Hall–Kier alpha value is -3.62. The highest BCUT2D eigenvalue weighted by Crippen LogP contribution is 2.35. The lowest BCUT2D eigenvalue weighted by Crippen LogP contribution is -2.13. The van der Waals surface area contributed by atoms with Crippen LogP contribution in [0.4, 0.5) is 11.4 Å². The molecule has 8 nitrogen and oxygen atoms in total. The number of non-ortho nitro benzene ring substituents is 1. The molecule has 0 radical (unpaired) electrons. The maximum absolute atomic E-state index is 12.6. The summed E-state index contributed by atoms with van der Waals surface area (Å²) in [6.07, 6.45) is 1.46. The first kappa shape index (κ1) is 26.0. The maximum atomic E-state index is 12.6. The summed E-state index contributed by atoms with van der Waals surface area (Å²) < 4.78 is 12.3. The summed E-state index contributed by atoms with van der Waals surface area (Å²) >= 11 is 7.93. The van der Waals surface area contributed by atoms with Gasteiger partial charge in [-0.3, -0.25) is 14.9 Å². The van der Waals surface area contributed by atoms with E-state index in [1.807, 2.05) is 13.0 Å². The fraction of sp³-hybridized carbons (Fsp3) is 0.120. The number of hydrogen-bond donors (Lipinski definition) is 1. The second kappa shape index (κ2) is 12.2. The minimum absolute atomic E-state index is 0.0211. The van der Waals surface area contributed by atoms with Gasteiger partial charge in [0.2, 0.25) is 0 Å². The summed E-state index contributed by atoms with van der Waals surface area (Å²) in [6, 6.07) is 18.1. The Morgan fingerprint density at radius 2 is 1.94 bits per heavy atom. The number of nitro benzene ring substituents is 1. The Bertz CT molecular complexity index is 1320. The molecule has 3 aromatic carbocycles. The van der Waals surface area contributed by atoms with Gasteiger partial charge >= 0.3 is 0 Å². The van der Waals surface area contributed by atoms with Gasteiger partial charge in [0.05, 0.1) is 15.1 Å². The lowest BCUT2D eigenvalue weighted by molar-refractivity contribution is -0.384. The zero-order chi connectivity index (χ0) is 25.4. The van der Waals surface area contributed by atoms with Crippen molar-refractivity contribution in [3.05, 3.63) is 96.1 Å². The highest BCUT2D eigenvalue weighted by atomic mass is 127. The monoisotopic (exact) mass is 603 g/mol. The molecule has 10 heteroatoms. The summed E-state index contributed by atoms with van der Waals surface area (Å²) in [6.45, 7) is 2.28. The average Bonchev–Trinajstić information content (AvgIpc) is 2.83. The molecule has 0 bridgehead atoms. The molecular weight excluding hydrogens is 585 g/mol. The van der Waals surface area contributed by atoms with Crippen LogP contribution in [0.15, 0.2) is 66.2 Å². The quantitative estimate of drug-likeness (QED) is 0.0999. The topological polar surface area (TPSA) is 114 Å². The van der Waals surface area contributed by atoms with E-state index in [2.05, 4.69) is 27.9 Å². The number of hydrogen-bond acceptors (Lipinski definition) is 6. The predicted molar refractivity (Wildman–Crippen MR) is 141 cm³/mol. The van der Waals surface area contributed by atoms with Crippen molar-refractivity contribution >= 4 is 57.5 Å². The van der Waals surface area contributed by atoms with E-state index in [0.29, 0.717) is 43.5 Å². The zero-order valence-electron chi connectivity index (χ0n) is 18.5. The molecule has 0 spiro atoms. The summed E-state index contributed by atoms with van der Waals surface area (Å²) in [5.41, 5.74) is 1.60. The molecule has 0 aromatic heterocycles. The molecule has 0 unspecified atom stereocenters. The molecule has 3 rings (SSSR count). The van der Waals surface area contributed by atoms with Crippen molar-refractivity contribution in [2.75, 3.05) is 11.9 Å². The number of benzene rings is 3. The summed E-state index contributed by atoms with van der Waals surface area (Å²) in [5, 5.41) is 23.8. The number of carbonyl (C=O) groups is 1. The molecule has 35 heavy (non-hydrogen) atoms. The number of nitrogens with zero attached hydrogens (tertiary/aromatic N) is 2. The van der Waals surface area contributed by atoms with Crippen molar-refractivity contribution < 1.29 is 19.2 Å². The molecule has 0 aliphatic carbocycles. The first-order chi connectivity index (χ1) is 16.8. The highest BCUT2D eigenvalue weighted by molar-refractivity contribution is 14.1. The average molecular weight is 604 g/mol. The number of nitro groups is 1. The van der Waals surface area contributed by atoms with Crippen molar-refractivity contribution in [1.82, 2.24) is 0 Å². The highest BCUT2D eigenvalue weighted by Gasteiger charge is 2.15. The molecule has 1 N–H and O–H groups in total. The van der Waals surface area contributed by atoms with E-state index in [1.165, 1.54) is 18.2 Å². The van der Waals surface area contributed by atoms with Crippen LogP contribution in [0, 0.1) is 25.0 Å². The van der Waals surface area contributed by atoms with Gasteiger partial charge in [-0.2, -0.15) is 5.26 Å². The van der Waals surface area contributed by atoms with Crippen LogP contribution >= 0.6 is 34.2 Å². The molecule has 3 aromatic rings.